The van der Waals surface area contributed by atoms with Crippen LogP contribution in [0.1, 0.15) is 16.9 Å². The third kappa shape index (κ3) is 2.29. The number of H-pyrrole nitrogens is 1. The number of pyridine rings is 1. The third-order valence-corrected chi connectivity index (χ3v) is 5.45. The smallest absolute Gasteiger partial charge is 0.270 e. The summed E-state index contributed by atoms with van der Waals surface area (Å²) in [5, 5.41) is 0. The van der Waals surface area contributed by atoms with Crippen molar-refractivity contribution in [1.29, 1.82) is 0 Å². The Morgan fingerprint density at radius 1 is 1.50 bits per heavy atom. The molecule has 0 saturated carbocycles. The zero-order valence-corrected chi connectivity index (χ0v) is 11.9. The minimum atomic E-state index is -3.00. The van der Waals surface area contributed by atoms with Crippen molar-refractivity contribution in [3.05, 3.63) is 30.1 Å². The molecular formula is C13H15N3O3S. The first-order valence-corrected chi connectivity index (χ1v) is 8.20. The van der Waals surface area contributed by atoms with Crippen molar-refractivity contribution < 1.29 is 13.2 Å². The van der Waals surface area contributed by atoms with Crippen molar-refractivity contribution in [3.8, 4) is 0 Å². The number of rotatable bonds is 2. The standard InChI is InChI=1S/C13H15N3O3S/c1-16(9-4-6-20(18,19)8-9)13(17)12-7-11-10(15-12)3-2-5-14-11/h2-3,5,7,9,15H,4,6,8H2,1H3. The van der Waals surface area contributed by atoms with Crippen LogP contribution < -0.4 is 0 Å². The van der Waals surface area contributed by atoms with Crippen LogP contribution in [-0.4, -0.2) is 53.8 Å². The number of aromatic amines is 1. The van der Waals surface area contributed by atoms with Gasteiger partial charge in [-0.1, -0.05) is 0 Å². The van der Waals surface area contributed by atoms with Gasteiger partial charge in [0.2, 0.25) is 0 Å². The van der Waals surface area contributed by atoms with Gasteiger partial charge in [0.1, 0.15) is 5.69 Å². The molecule has 2 aromatic rings. The first-order chi connectivity index (χ1) is 9.46. The van der Waals surface area contributed by atoms with E-state index in [1.54, 1.807) is 25.4 Å². The molecule has 1 saturated heterocycles. The van der Waals surface area contributed by atoms with Crippen LogP contribution in [-0.2, 0) is 9.84 Å². The lowest BCUT2D eigenvalue weighted by Gasteiger charge is -2.22. The molecule has 0 bridgehead atoms. The zero-order valence-electron chi connectivity index (χ0n) is 11.0. The van der Waals surface area contributed by atoms with Crippen LogP contribution in [0.5, 0.6) is 0 Å². The SMILES string of the molecule is CN(C(=O)c1cc2ncccc2[nH]1)C1CCS(=O)(=O)C1. The second-order valence-corrected chi connectivity index (χ2v) is 7.32. The van der Waals surface area contributed by atoms with E-state index in [1.807, 2.05) is 6.07 Å². The Balaban J connectivity index is 1.85. The normalized spacial score (nSPS) is 21.1. The van der Waals surface area contributed by atoms with Gasteiger partial charge in [0.15, 0.2) is 9.84 Å². The highest BCUT2D eigenvalue weighted by Crippen LogP contribution is 2.19. The monoisotopic (exact) mass is 293 g/mol. The van der Waals surface area contributed by atoms with Gasteiger partial charge >= 0.3 is 0 Å². The number of carbonyl (C=O) groups is 1. The molecule has 1 aliphatic rings. The number of sulfone groups is 1. The summed E-state index contributed by atoms with van der Waals surface area (Å²) in [6, 6.07) is 5.09. The largest absolute Gasteiger partial charge is 0.349 e. The molecule has 0 aromatic carbocycles. The summed E-state index contributed by atoms with van der Waals surface area (Å²) in [6.45, 7) is 0. The molecule has 2 aromatic heterocycles. The summed E-state index contributed by atoms with van der Waals surface area (Å²) in [7, 11) is -1.35. The average Bonchev–Trinajstić information content (AvgIpc) is 3.00. The molecule has 1 amide bonds. The van der Waals surface area contributed by atoms with Crippen molar-refractivity contribution in [3.63, 3.8) is 0 Å². The maximum absolute atomic E-state index is 12.4. The van der Waals surface area contributed by atoms with Crippen LogP contribution >= 0.6 is 0 Å². The minimum Gasteiger partial charge on any atom is -0.349 e. The number of nitrogens with zero attached hydrogens (tertiary/aromatic N) is 2. The fourth-order valence-electron chi connectivity index (χ4n) is 2.51. The lowest BCUT2D eigenvalue weighted by molar-refractivity contribution is 0.0743. The maximum atomic E-state index is 12.4. The van der Waals surface area contributed by atoms with Gasteiger partial charge in [-0.05, 0) is 24.6 Å². The summed E-state index contributed by atoms with van der Waals surface area (Å²) in [5.41, 5.74) is 1.96. The lowest BCUT2D eigenvalue weighted by atomic mass is 10.2. The van der Waals surface area contributed by atoms with Crippen molar-refractivity contribution in [2.45, 2.75) is 12.5 Å². The zero-order chi connectivity index (χ0) is 14.3. The molecule has 1 unspecified atom stereocenters. The Morgan fingerprint density at radius 3 is 2.95 bits per heavy atom. The third-order valence-electron chi connectivity index (χ3n) is 3.70. The number of nitrogens with one attached hydrogen (secondary N) is 1. The molecule has 7 heteroatoms. The Hall–Kier alpha value is -1.89. The van der Waals surface area contributed by atoms with E-state index in [0.29, 0.717) is 12.1 Å². The van der Waals surface area contributed by atoms with Gasteiger partial charge in [0, 0.05) is 19.3 Å². The fourth-order valence-corrected chi connectivity index (χ4v) is 4.28. The van der Waals surface area contributed by atoms with Gasteiger partial charge in [-0.15, -0.1) is 0 Å². The molecular weight excluding hydrogens is 278 g/mol. The maximum Gasteiger partial charge on any atom is 0.270 e. The Bertz CT molecular complexity index is 733. The Morgan fingerprint density at radius 2 is 2.30 bits per heavy atom. The van der Waals surface area contributed by atoms with Crippen LogP contribution in [0.25, 0.3) is 11.0 Å². The molecule has 1 atom stereocenters. The van der Waals surface area contributed by atoms with E-state index in [2.05, 4.69) is 9.97 Å². The molecule has 1 N–H and O–H groups in total. The molecule has 3 heterocycles. The Labute approximate surface area is 116 Å². The van der Waals surface area contributed by atoms with E-state index in [4.69, 9.17) is 0 Å². The van der Waals surface area contributed by atoms with E-state index in [9.17, 15) is 13.2 Å². The molecule has 20 heavy (non-hydrogen) atoms. The predicted octanol–water partition coefficient (Wildman–Crippen LogP) is 0.822. The summed E-state index contributed by atoms with van der Waals surface area (Å²) >= 11 is 0. The van der Waals surface area contributed by atoms with Crippen molar-refractivity contribution >= 4 is 26.8 Å². The van der Waals surface area contributed by atoms with Crippen molar-refractivity contribution in [2.75, 3.05) is 18.6 Å². The van der Waals surface area contributed by atoms with Crippen LogP contribution in [0.3, 0.4) is 0 Å². The highest BCUT2D eigenvalue weighted by atomic mass is 32.2. The van der Waals surface area contributed by atoms with E-state index in [0.717, 1.165) is 11.0 Å². The van der Waals surface area contributed by atoms with Crippen LogP contribution in [0, 0.1) is 0 Å². The average molecular weight is 293 g/mol. The second kappa shape index (κ2) is 4.59. The highest BCUT2D eigenvalue weighted by molar-refractivity contribution is 7.91. The van der Waals surface area contributed by atoms with Crippen molar-refractivity contribution in [1.82, 2.24) is 14.9 Å². The summed E-state index contributed by atoms with van der Waals surface area (Å²) in [4.78, 5) is 21.1. The molecule has 1 aliphatic heterocycles. The van der Waals surface area contributed by atoms with Gasteiger partial charge in [0.05, 0.1) is 22.5 Å². The Kier molecular flexibility index (Phi) is 3.01. The number of carbonyl (C=O) groups excluding carboxylic acids is 1. The fraction of sp³-hybridized carbons (Fsp3) is 0.385. The van der Waals surface area contributed by atoms with E-state index in [-0.39, 0.29) is 23.5 Å². The quantitative estimate of drug-likeness (QED) is 0.888. The molecule has 3 rings (SSSR count). The van der Waals surface area contributed by atoms with Crippen LogP contribution in [0.15, 0.2) is 24.4 Å². The highest BCUT2D eigenvalue weighted by Gasteiger charge is 2.33. The molecule has 0 spiro atoms. The summed E-state index contributed by atoms with van der Waals surface area (Å²) < 4.78 is 23.0. The van der Waals surface area contributed by atoms with Gasteiger partial charge in [0.25, 0.3) is 5.91 Å². The van der Waals surface area contributed by atoms with Gasteiger partial charge in [-0.2, -0.15) is 0 Å². The number of hydrogen-bond acceptors (Lipinski definition) is 4. The van der Waals surface area contributed by atoms with Gasteiger partial charge < -0.3 is 9.88 Å². The second-order valence-electron chi connectivity index (χ2n) is 5.09. The van der Waals surface area contributed by atoms with Crippen molar-refractivity contribution in [2.24, 2.45) is 0 Å². The molecule has 106 valence electrons. The van der Waals surface area contributed by atoms with E-state index >= 15 is 0 Å². The number of amides is 1. The number of fused-ring (bicyclic) bond motifs is 1. The topological polar surface area (TPSA) is 83.1 Å². The number of aromatic nitrogens is 2. The number of hydrogen-bond donors (Lipinski definition) is 1. The van der Waals surface area contributed by atoms with Crippen LogP contribution in [0.4, 0.5) is 0 Å². The first kappa shape index (κ1) is 13.1. The predicted molar refractivity (Wildman–Crippen MR) is 75.2 cm³/mol. The molecule has 0 radical (unpaired) electrons. The molecule has 1 fully saturated rings. The summed E-state index contributed by atoms with van der Waals surface area (Å²) in [6.07, 6.45) is 2.17. The summed E-state index contributed by atoms with van der Waals surface area (Å²) in [5.74, 6) is 0.00201. The molecule has 0 aliphatic carbocycles. The van der Waals surface area contributed by atoms with Crippen LogP contribution in [0.2, 0.25) is 0 Å². The first-order valence-electron chi connectivity index (χ1n) is 6.37. The molecule has 6 nitrogen and oxygen atoms in total. The van der Waals surface area contributed by atoms with Gasteiger partial charge in [-0.3, -0.25) is 9.78 Å². The van der Waals surface area contributed by atoms with E-state index in [1.165, 1.54) is 4.90 Å². The van der Waals surface area contributed by atoms with Gasteiger partial charge in [-0.25, -0.2) is 8.42 Å². The minimum absolute atomic E-state index is 0.0493. The van der Waals surface area contributed by atoms with E-state index < -0.39 is 9.84 Å². The lowest BCUT2D eigenvalue weighted by Crippen LogP contribution is -2.37.